The molecule has 0 spiro atoms. The quantitative estimate of drug-likeness (QED) is 0.840. The minimum Gasteiger partial charge on any atom is -0.476 e. The van der Waals surface area contributed by atoms with Gasteiger partial charge in [-0.15, -0.1) is 0 Å². The Kier molecular flexibility index (Phi) is 2.46. The minimum atomic E-state index is -1.05. The fraction of sp³-hybridized carbons (Fsp3) is 0.250. The smallest absolute Gasteiger partial charge is 0.356 e. The molecule has 0 saturated heterocycles. The Labute approximate surface area is 89.4 Å². The molecule has 0 aliphatic rings. The summed E-state index contributed by atoms with van der Waals surface area (Å²) in [5.41, 5.74) is 0.00301. The predicted octanol–water partition coefficient (Wildman–Crippen LogP) is 0.984. The lowest BCUT2D eigenvalue weighted by atomic mass is 10.5. The van der Waals surface area contributed by atoms with E-state index >= 15 is 0 Å². The molecule has 2 aromatic heterocycles. The van der Waals surface area contributed by atoms with Crippen LogP contribution in [0.1, 0.15) is 23.2 Å². The van der Waals surface area contributed by atoms with E-state index in [1.54, 1.807) is 4.57 Å². The number of aromatic carboxylic acids is 1. The third-order valence-electron chi connectivity index (χ3n) is 1.80. The molecule has 2 rings (SSSR count). The van der Waals surface area contributed by atoms with Crippen LogP contribution in [-0.4, -0.2) is 30.0 Å². The summed E-state index contributed by atoms with van der Waals surface area (Å²) in [6, 6.07) is 0. The van der Waals surface area contributed by atoms with Gasteiger partial charge in [-0.2, -0.15) is 4.37 Å². The lowest BCUT2D eigenvalue weighted by molar-refractivity contribution is 0.0691. The third-order valence-corrected chi connectivity index (χ3v) is 2.56. The number of rotatable bonds is 3. The monoisotopic (exact) mass is 224 g/mol. The first-order valence-electron chi connectivity index (χ1n) is 4.31. The first-order valence-corrected chi connectivity index (χ1v) is 5.08. The molecule has 0 aromatic carbocycles. The second-order valence-corrected chi connectivity index (χ2v) is 3.55. The molecule has 0 amide bonds. The Morgan fingerprint density at radius 3 is 3.00 bits per heavy atom. The van der Waals surface area contributed by atoms with Crippen LogP contribution in [0.15, 0.2) is 12.5 Å². The van der Waals surface area contributed by atoms with Gasteiger partial charge in [0.1, 0.15) is 12.2 Å². The van der Waals surface area contributed by atoms with Crippen molar-refractivity contribution in [3.05, 3.63) is 24.0 Å². The molecule has 15 heavy (non-hydrogen) atoms. The number of carbonyl (C=O) groups is 1. The van der Waals surface area contributed by atoms with Crippen LogP contribution in [0.2, 0.25) is 0 Å². The maximum absolute atomic E-state index is 10.6. The zero-order valence-electron chi connectivity index (χ0n) is 7.91. The van der Waals surface area contributed by atoms with Crippen LogP contribution in [0.25, 0.3) is 5.13 Å². The Bertz CT molecular complexity index is 490. The number of imidazole rings is 1. The molecule has 78 valence electrons. The van der Waals surface area contributed by atoms with Gasteiger partial charge in [0, 0.05) is 24.2 Å². The van der Waals surface area contributed by atoms with E-state index in [-0.39, 0.29) is 5.69 Å². The van der Waals surface area contributed by atoms with Crippen LogP contribution in [0.4, 0.5) is 0 Å². The van der Waals surface area contributed by atoms with E-state index in [4.69, 9.17) is 5.11 Å². The highest BCUT2D eigenvalue weighted by Crippen LogP contribution is 2.11. The zero-order valence-corrected chi connectivity index (χ0v) is 8.73. The molecular weight excluding hydrogens is 216 g/mol. The van der Waals surface area contributed by atoms with Crippen molar-refractivity contribution in [1.82, 2.24) is 18.9 Å². The number of aromatic nitrogens is 4. The number of hydrogen-bond acceptors (Lipinski definition) is 5. The summed E-state index contributed by atoms with van der Waals surface area (Å²) in [4.78, 5) is 18.5. The van der Waals surface area contributed by atoms with Gasteiger partial charge in [-0.3, -0.25) is 4.57 Å². The van der Waals surface area contributed by atoms with E-state index in [1.165, 1.54) is 24.1 Å². The van der Waals surface area contributed by atoms with Crippen molar-refractivity contribution in [1.29, 1.82) is 0 Å². The zero-order chi connectivity index (χ0) is 10.8. The van der Waals surface area contributed by atoms with E-state index in [2.05, 4.69) is 14.3 Å². The molecule has 7 heteroatoms. The van der Waals surface area contributed by atoms with Gasteiger partial charge >= 0.3 is 5.97 Å². The summed E-state index contributed by atoms with van der Waals surface area (Å²) in [5, 5.41) is 9.32. The molecule has 0 aliphatic heterocycles. The van der Waals surface area contributed by atoms with Crippen molar-refractivity contribution in [2.24, 2.45) is 0 Å². The highest BCUT2D eigenvalue weighted by Gasteiger charge is 2.10. The molecule has 0 radical (unpaired) electrons. The topological polar surface area (TPSA) is 80.9 Å². The number of hydrogen-bond donors (Lipinski definition) is 1. The van der Waals surface area contributed by atoms with Crippen molar-refractivity contribution < 1.29 is 9.90 Å². The molecule has 0 bridgehead atoms. The van der Waals surface area contributed by atoms with E-state index in [9.17, 15) is 4.79 Å². The van der Waals surface area contributed by atoms with Gasteiger partial charge in [0.05, 0.1) is 0 Å². The molecule has 0 saturated carbocycles. The summed E-state index contributed by atoms with van der Waals surface area (Å²) in [6.07, 6.45) is 3.60. The van der Waals surface area contributed by atoms with Crippen molar-refractivity contribution >= 4 is 17.5 Å². The maximum Gasteiger partial charge on any atom is 0.356 e. The molecule has 0 fully saturated rings. The SMILES string of the molecule is CCc1nsc(-n2cnc(C(=O)O)c2)n1. The van der Waals surface area contributed by atoms with Crippen molar-refractivity contribution in [3.63, 3.8) is 0 Å². The van der Waals surface area contributed by atoms with Crippen molar-refractivity contribution in [2.75, 3.05) is 0 Å². The van der Waals surface area contributed by atoms with Gasteiger partial charge < -0.3 is 5.11 Å². The molecule has 6 nitrogen and oxygen atoms in total. The van der Waals surface area contributed by atoms with Gasteiger partial charge in [0.15, 0.2) is 5.69 Å². The molecular formula is C8H8N4O2S. The van der Waals surface area contributed by atoms with Crippen LogP contribution in [0.3, 0.4) is 0 Å². The second kappa shape index (κ2) is 3.77. The molecule has 0 atom stereocenters. The summed E-state index contributed by atoms with van der Waals surface area (Å²) in [7, 11) is 0. The van der Waals surface area contributed by atoms with Gasteiger partial charge in [-0.05, 0) is 0 Å². The highest BCUT2D eigenvalue weighted by atomic mass is 32.1. The first-order chi connectivity index (χ1) is 7.20. The largest absolute Gasteiger partial charge is 0.476 e. The fourth-order valence-corrected chi connectivity index (χ4v) is 1.73. The fourth-order valence-electron chi connectivity index (χ4n) is 1.03. The highest BCUT2D eigenvalue weighted by molar-refractivity contribution is 7.08. The molecule has 0 unspecified atom stereocenters. The lowest BCUT2D eigenvalue weighted by Gasteiger charge is -1.90. The maximum atomic E-state index is 10.6. The Hall–Kier alpha value is -1.76. The van der Waals surface area contributed by atoms with Gasteiger partial charge in [-0.25, -0.2) is 14.8 Å². The minimum absolute atomic E-state index is 0.00301. The van der Waals surface area contributed by atoms with Gasteiger partial charge in [0.25, 0.3) is 0 Å². The third kappa shape index (κ3) is 1.86. The normalized spacial score (nSPS) is 10.5. The lowest BCUT2D eigenvalue weighted by Crippen LogP contribution is -1.95. The number of nitrogens with zero attached hydrogens (tertiary/aromatic N) is 4. The second-order valence-electron chi connectivity index (χ2n) is 2.82. The van der Waals surface area contributed by atoms with E-state index in [1.807, 2.05) is 6.92 Å². The first kappa shape index (κ1) is 9.78. The average Bonchev–Trinajstić information content (AvgIpc) is 2.86. The molecule has 0 aliphatic carbocycles. The van der Waals surface area contributed by atoms with Gasteiger partial charge in [0.2, 0.25) is 5.13 Å². The van der Waals surface area contributed by atoms with E-state index < -0.39 is 5.97 Å². The van der Waals surface area contributed by atoms with E-state index in [0.29, 0.717) is 5.13 Å². The number of carboxylic acids is 1. The Morgan fingerprint density at radius 2 is 2.47 bits per heavy atom. The van der Waals surface area contributed by atoms with Gasteiger partial charge in [-0.1, -0.05) is 6.92 Å². The summed E-state index contributed by atoms with van der Waals surface area (Å²) >= 11 is 1.22. The average molecular weight is 224 g/mol. The molecule has 2 heterocycles. The Balaban J connectivity index is 2.32. The molecule has 1 N–H and O–H groups in total. The number of carboxylic acid groups (broad SMARTS) is 1. The van der Waals surface area contributed by atoms with E-state index in [0.717, 1.165) is 12.2 Å². The number of aryl methyl sites for hydroxylation is 1. The summed E-state index contributed by atoms with van der Waals surface area (Å²) in [5.74, 6) is -0.297. The van der Waals surface area contributed by atoms with Crippen LogP contribution < -0.4 is 0 Å². The predicted molar refractivity (Wildman–Crippen MR) is 53.4 cm³/mol. The van der Waals surface area contributed by atoms with Crippen LogP contribution in [-0.2, 0) is 6.42 Å². The Morgan fingerprint density at radius 1 is 1.67 bits per heavy atom. The van der Waals surface area contributed by atoms with Crippen LogP contribution >= 0.6 is 11.5 Å². The molecule has 2 aromatic rings. The van der Waals surface area contributed by atoms with Crippen LogP contribution in [0.5, 0.6) is 0 Å². The standard InChI is InChI=1S/C8H8N4O2S/c1-2-6-10-8(15-11-6)12-3-5(7(13)14)9-4-12/h3-4H,2H2,1H3,(H,13,14). The summed E-state index contributed by atoms with van der Waals surface area (Å²) in [6.45, 7) is 1.96. The van der Waals surface area contributed by atoms with Crippen molar-refractivity contribution in [2.45, 2.75) is 13.3 Å². The van der Waals surface area contributed by atoms with Crippen LogP contribution in [0, 0.1) is 0 Å². The summed E-state index contributed by atoms with van der Waals surface area (Å²) < 4.78 is 5.66. The van der Waals surface area contributed by atoms with Crippen molar-refractivity contribution in [3.8, 4) is 5.13 Å².